The summed E-state index contributed by atoms with van der Waals surface area (Å²) >= 11 is 0. The van der Waals surface area contributed by atoms with Crippen molar-refractivity contribution in [1.29, 1.82) is 0 Å². The highest BCUT2D eigenvalue weighted by Crippen LogP contribution is 2.29. The molecular weight excluding hydrogens is 320 g/mol. The van der Waals surface area contributed by atoms with E-state index in [2.05, 4.69) is 4.98 Å². The van der Waals surface area contributed by atoms with Crippen LogP contribution in [0.15, 0.2) is 24.4 Å². The quantitative estimate of drug-likeness (QED) is 0.828. The zero-order chi connectivity index (χ0) is 18.0. The number of rotatable bonds is 2. The van der Waals surface area contributed by atoms with Crippen LogP contribution < -0.4 is 0 Å². The fraction of sp³-hybridized carbons (Fsp3) is 0.562. The molecule has 8 heteroatoms. The van der Waals surface area contributed by atoms with Crippen molar-refractivity contribution >= 4 is 12.0 Å². The number of hydrogen-bond acceptors (Lipinski definition) is 4. The van der Waals surface area contributed by atoms with E-state index in [9.17, 15) is 18.4 Å². The Morgan fingerprint density at radius 3 is 2.17 bits per heavy atom. The minimum atomic E-state index is -3.69. The summed E-state index contributed by atoms with van der Waals surface area (Å²) in [5, 5.41) is 0. The summed E-state index contributed by atoms with van der Waals surface area (Å²) < 4.78 is 33.7. The third-order valence-electron chi connectivity index (χ3n) is 3.47. The van der Waals surface area contributed by atoms with E-state index >= 15 is 0 Å². The van der Waals surface area contributed by atoms with Crippen LogP contribution in [0.2, 0.25) is 0 Å². The topological polar surface area (TPSA) is 62.7 Å². The van der Waals surface area contributed by atoms with Gasteiger partial charge in [0.25, 0.3) is 5.91 Å². The van der Waals surface area contributed by atoms with Gasteiger partial charge in [-0.3, -0.25) is 9.78 Å². The number of amides is 2. The van der Waals surface area contributed by atoms with Crippen LogP contribution >= 0.6 is 0 Å². The lowest BCUT2D eigenvalue weighted by Gasteiger charge is -2.36. The molecule has 1 aromatic heterocycles. The molecule has 1 aromatic rings. The number of halogens is 2. The average Bonchev–Trinajstić information content (AvgIpc) is 2.53. The van der Waals surface area contributed by atoms with Crippen LogP contribution in [0.25, 0.3) is 0 Å². The van der Waals surface area contributed by atoms with Gasteiger partial charge in [0.15, 0.2) is 0 Å². The summed E-state index contributed by atoms with van der Waals surface area (Å²) in [6.45, 7) is 5.60. The number of carbonyl (C=O) groups excluding carboxylic acids is 2. The van der Waals surface area contributed by atoms with Gasteiger partial charge in [-0.05, 0) is 32.9 Å². The Kier molecular flexibility index (Phi) is 5.05. The van der Waals surface area contributed by atoms with Crippen molar-refractivity contribution in [3.05, 3.63) is 30.1 Å². The molecule has 2 amide bonds. The van der Waals surface area contributed by atoms with Gasteiger partial charge in [-0.1, -0.05) is 6.07 Å². The first-order chi connectivity index (χ1) is 11.1. The van der Waals surface area contributed by atoms with E-state index in [-0.39, 0.29) is 26.2 Å². The average molecular weight is 341 g/mol. The largest absolute Gasteiger partial charge is 0.444 e. The zero-order valence-corrected chi connectivity index (χ0v) is 14.0. The molecule has 0 N–H and O–H groups in total. The van der Waals surface area contributed by atoms with E-state index in [1.165, 1.54) is 23.2 Å². The van der Waals surface area contributed by atoms with Crippen LogP contribution in [0, 0.1) is 0 Å². The highest BCUT2D eigenvalue weighted by molar-refractivity contribution is 5.84. The Morgan fingerprint density at radius 1 is 1.08 bits per heavy atom. The lowest BCUT2D eigenvalue weighted by Crippen LogP contribution is -2.54. The minimum absolute atomic E-state index is 0.0283. The number of nitrogens with zero attached hydrogens (tertiary/aromatic N) is 3. The van der Waals surface area contributed by atoms with Gasteiger partial charge in [-0.15, -0.1) is 0 Å². The van der Waals surface area contributed by atoms with Gasteiger partial charge >= 0.3 is 12.0 Å². The monoisotopic (exact) mass is 341 g/mol. The number of alkyl halides is 2. The molecule has 1 aliphatic heterocycles. The zero-order valence-electron chi connectivity index (χ0n) is 14.0. The third-order valence-corrected chi connectivity index (χ3v) is 3.47. The van der Waals surface area contributed by atoms with Crippen molar-refractivity contribution in [2.75, 3.05) is 26.2 Å². The smallest absolute Gasteiger partial charge is 0.410 e. The number of pyridine rings is 1. The maximum Gasteiger partial charge on any atom is 0.410 e. The predicted octanol–water partition coefficient (Wildman–Crippen LogP) is 2.25. The van der Waals surface area contributed by atoms with Crippen molar-refractivity contribution in [3.8, 4) is 0 Å². The van der Waals surface area contributed by atoms with E-state index in [1.54, 1.807) is 20.8 Å². The maximum absolute atomic E-state index is 14.3. The summed E-state index contributed by atoms with van der Waals surface area (Å²) in [6, 6.07) is 4.03. The summed E-state index contributed by atoms with van der Waals surface area (Å²) in [4.78, 5) is 30.1. The molecule has 0 saturated carbocycles. The Bertz CT molecular complexity index is 594. The van der Waals surface area contributed by atoms with Gasteiger partial charge in [0.2, 0.25) is 0 Å². The van der Waals surface area contributed by atoms with Gasteiger partial charge in [-0.25, -0.2) is 4.79 Å². The third kappa shape index (κ3) is 4.18. The SMILES string of the molecule is CC(C)(C)OC(=O)N1CCN(C(=O)C(F)(F)c2ccccn2)CC1. The minimum Gasteiger partial charge on any atom is -0.444 e. The first kappa shape index (κ1) is 18.1. The fourth-order valence-electron chi connectivity index (χ4n) is 2.28. The Balaban J connectivity index is 1.97. The molecule has 2 rings (SSSR count). The molecule has 1 fully saturated rings. The maximum atomic E-state index is 14.3. The number of ether oxygens (including phenoxy) is 1. The molecule has 0 aliphatic carbocycles. The molecule has 0 aromatic carbocycles. The van der Waals surface area contributed by atoms with E-state index in [0.717, 1.165) is 11.0 Å². The van der Waals surface area contributed by atoms with Crippen molar-refractivity contribution in [3.63, 3.8) is 0 Å². The van der Waals surface area contributed by atoms with E-state index in [0.29, 0.717) is 0 Å². The van der Waals surface area contributed by atoms with Crippen molar-refractivity contribution in [2.45, 2.75) is 32.3 Å². The lowest BCUT2D eigenvalue weighted by molar-refractivity contribution is -0.161. The summed E-state index contributed by atoms with van der Waals surface area (Å²) in [6.07, 6.45) is 0.711. The standard InChI is InChI=1S/C16H21F2N3O3/c1-15(2,3)24-14(23)21-10-8-20(9-11-21)13(22)16(17,18)12-6-4-5-7-19-12/h4-7H,8-11H2,1-3H3. The Labute approximate surface area is 139 Å². The number of piperazine rings is 1. The number of aromatic nitrogens is 1. The van der Waals surface area contributed by atoms with Crippen LogP contribution in [0.3, 0.4) is 0 Å². The van der Waals surface area contributed by atoms with Gasteiger partial charge in [0.05, 0.1) is 0 Å². The molecule has 0 unspecified atom stereocenters. The highest BCUT2D eigenvalue weighted by Gasteiger charge is 2.46. The van der Waals surface area contributed by atoms with E-state index in [4.69, 9.17) is 4.74 Å². The van der Waals surface area contributed by atoms with E-state index < -0.39 is 29.2 Å². The molecule has 24 heavy (non-hydrogen) atoms. The van der Waals surface area contributed by atoms with Crippen LogP contribution in [-0.4, -0.2) is 58.6 Å². The van der Waals surface area contributed by atoms with Crippen molar-refractivity contribution in [1.82, 2.24) is 14.8 Å². The first-order valence-electron chi connectivity index (χ1n) is 7.68. The Morgan fingerprint density at radius 2 is 1.67 bits per heavy atom. The van der Waals surface area contributed by atoms with Crippen molar-refractivity contribution in [2.24, 2.45) is 0 Å². The molecular formula is C16H21F2N3O3. The van der Waals surface area contributed by atoms with Gasteiger partial charge in [0, 0.05) is 32.4 Å². The second-order valence-corrected chi connectivity index (χ2v) is 6.55. The molecule has 0 spiro atoms. The molecule has 1 aliphatic rings. The number of hydrogen-bond donors (Lipinski definition) is 0. The van der Waals surface area contributed by atoms with Gasteiger partial charge in [0.1, 0.15) is 11.3 Å². The molecule has 132 valence electrons. The second-order valence-electron chi connectivity index (χ2n) is 6.55. The van der Waals surface area contributed by atoms with Gasteiger partial charge in [-0.2, -0.15) is 8.78 Å². The number of carbonyl (C=O) groups is 2. The predicted molar refractivity (Wildman–Crippen MR) is 82.5 cm³/mol. The first-order valence-corrected chi connectivity index (χ1v) is 7.68. The lowest BCUT2D eigenvalue weighted by atomic mass is 10.1. The Hall–Kier alpha value is -2.25. The van der Waals surface area contributed by atoms with Crippen LogP contribution in [0.1, 0.15) is 26.5 Å². The highest BCUT2D eigenvalue weighted by atomic mass is 19.3. The van der Waals surface area contributed by atoms with Crippen LogP contribution in [0.5, 0.6) is 0 Å². The van der Waals surface area contributed by atoms with E-state index in [1.807, 2.05) is 0 Å². The van der Waals surface area contributed by atoms with Gasteiger partial charge < -0.3 is 14.5 Å². The second kappa shape index (κ2) is 6.70. The van der Waals surface area contributed by atoms with Crippen molar-refractivity contribution < 1.29 is 23.1 Å². The summed E-state index contributed by atoms with van der Waals surface area (Å²) in [5.41, 5.74) is -1.21. The normalized spacial score (nSPS) is 16.0. The fourth-order valence-corrected chi connectivity index (χ4v) is 2.28. The molecule has 1 saturated heterocycles. The molecule has 0 atom stereocenters. The molecule has 0 bridgehead atoms. The summed E-state index contributed by atoms with van der Waals surface area (Å²) in [7, 11) is 0. The molecule has 2 heterocycles. The van der Waals surface area contributed by atoms with Crippen LogP contribution in [0.4, 0.5) is 13.6 Å². The summed E-state index contributed by atoms with van der Waals surface area (Å²) in [5.74, 6) is -4.99. The molecule has 0 radical (unpaired) electrons. The van der Waals surface area contributed by atoms with Crippen LogP contribution in [-0.2, 0) is 15.5 Å². The molecule has 6 nitrogen and oxygen atoms in total.